The van der Waals surface area contributed by atoms with Crippen molar-refractivity contribution in [1.82, 2.24) is 29.7 Å². The molecule has 1 saturated heterocycles. The summed E-state index contributed by atoms with van der Waals surface area (Å²) in [5, 5.41) is 3.19. The molecule has 0 spiro atoms. The van der Waals surface area contributed by atoms with Crippen LogP contribution in [0.15, 0.2) is 12.7 Å². The predicted molar refractivity (Wildman–Crippen MR) is 102 cm³/mol. The molecule has 1 aliphatic heterocycles. The molecule has 3 N–H and O–H groups in total. The molecule has 2 aromatic heterocycles. The summed E-state index contributed by atoms with van der Waals surface area (Å²) in [7, 11) is 1.98. The Balaban J connectivity index is 0.00000156. The summed E-state index contributed by atoms with van der Waals surface area (Å²) in [6.45, 7) is 2.95. The average Bonchev–Trinajstić information content (AvgIpc) is 2.98. The second kappa shape index (κ2) is 9.74. The van der Waals surface area contributed by atoms with E-state index in [4.69, 9.17) is 5.73 Å². The van der Waals surface area contributed by atoms with E-state index in [2.05, 4.69) is 20.3 Å². The number of hydrogen-bond acceptors (Lipinski definition) is 6. The van der Waals surface area contributed by atoms with Crippen molar-refractivity contribution >= 4 is 47.7 Å². The standard InChI is InChI=1S/C15H23N7O.2ClH/c1-17-5-2-11-3-6-21(7-4-11)12(23)8-22-10-20-13-14(16)18-9-19-15(13)22;;/h9-11,17H,2-8H2,1H3,(H2,16,18,19);2*1H. The van der Waals surface area contributed by atoms with Gasteiger partial charge in [0.25, 0.3) is 0 Å². The third-order valence-electron chi connectivity index (χ3n) is 4.50. The highest BCUT2D eigenvalue weighted by atomic mass is 35.5. The molecule has 0 bridgehead atoms. The number of rotatable bonds is 5. The summed E-state index contributed by atoms with van der Waals surface area (Å²) >= 11 is 0. The van der Waals surface area contributed by atoms with Crippen LogP contribution in [0, 0.1) is 5.92 Å². The van der Waals surface area contributed by atoms with E-state index in [9.17, 15) is 4.79 Å². The first-order valence-electron chi connectivity index (χ1n) is 8.02. The zero-order valence-corrected chi connectivity index (χ0v) is 15.9. The van der Waals surface area contributed by atoms with Gasteiger partial charge in [0, 0.05) is 13.1 Å². The fourth-order valence-corrected chi connectivity index (χ4v) is 3.08. The summed E-state index contributed by atoms with van der Waals surface area (Å²) in [6, 6.07) is 0. The fourth-order valence-electron chi connectivity index (χ4n) is 3.08. The van der Waals surface area contributed by atoms with Crippen molar-refractivity contribution in [2.75, 3.05) is 32.4 Å². The highest BCUT2D eigenvalue weighted by Gasteiger charge is 2.23. The number of carbonyl (C=O) groups is 1. The number of carbonyl (C=O) groups excluding carboxylic acids is 1. The first kappa shape index (κ1) is 21.4. The van der Waals surface area contributed by atoms with Gasteiger partial charge in [-0.1, -0.05) is 0 Å². The van der Waals surface area contributed by atoms with Crippen LogP contribution in [0.5, 0.6) is 0 Å². The number of piperidine rings is 1. The molecule has 0 aliphatic carbocycles. The monoisotopic (exact) mass is 389 g/mol. The number of nitrogens with one attached hydrogen (secondary N) is 1. The Morgan fingerprint density at radius 2 is 2.00 bits per heavy atom. The van der Waals surface area contributed by atoms with Gasteiger partial charge in [-0.25, -0.2) is 15.0 Å². The fraction of sp³-hybridized carbons (Fsp3) is 0.600. The van der Waals surface area contributed by atoms with Gasteiger partial charge in [0.1, 0.15) is 18.4 Å². The summed E-state index contributed by atoms with van der Waals surface area (Å²) in [5.74, 6) is 1.16. The number of amides is 1. The number of aromatic nitrogens is 4. The SMILES string of the molecule is CNCCC1CCN(C(=O)Cn2cnc3c(N)ncnc32)CC1.Cl.Cl. The number of anilines is 1. The normalized spacial score (nSPS) is 14.8. The molecule has 0 radical (unpaired) electrons. The maximum Gasteiger partial charge on any atom is 0.242 e. The van der Waals surface area contributed by atoms with E-state index in [1.54, 1.807) is 10.9 Å². The van der Waals surface area contributed by atoms with Gasteiger partial charge in [-0.05, 0) is 38.8 Å². The molecule has 3 heterocycles. The number of fused-ring (bicyclic) bond motifs is 1. The van der Waals surface area contributed by atoms with Crippen LogP contribution in [0.3, 0.4) is 0 Å². The average molecular weight is 390 g/mol. The van der Waals surface area contributed by atoms with Gasteiger partial charge >= 0.3 is 0 Å². The van der Waals surface area contributed by atoms with Crippen LogP contribution < -0.4 is 11.1 Å². The number of likely N-dealkylation sites (tertiary alicyclic amines) is 1. The van der Waals surface area contributed by atoms with Crippen LogP contribution in [0.2, 0.25) is 0 Å². The quantitative estimate of drug-likeness (QED) is 0.793. The lowest BCUT2D eigenvalue weighted by Gasteiger charge is -2.32. The smallest absolute Gasteiger partial charge is 0.242 e. The molecule has 25 heavy (non-hydrogen) atoms. The van der Waals surface area contributed by atoms with E-state index >= 15 is 0 Å². The van der Waals surface area contributed by atoms with Crippen molar-refractivity contribution in [3.8, 4) is 0 Å². The van der Waals surface area contributed by atoms with Crippen molar-refractivity contribution in [3.63, 3.8) is 0 Å². The maximum absolute atomic E-state index is 12.5. The van der Waals surface area contributed by atoms with E-state index in [1.165, 1.54) is 12.7 Å². The molecule has 0 saturated carbocycles. The van der Waals surface area contributed by atoms with Crippen LogP contribution in [0.4, 0.5) is 5.82 Å². The molecular weight excluding hydrogens is 365 g/mol. The van der Waals surface area contributed by atoms with Crippen LogP contribution in [-0.4, -0.2) is 57.0 Å². The number of imidazole rings is 1. The van der Waals surface area contributed by atoms with E-state index in [1.807, 2.05) is 11.9 Å². The van der Waals surface area contributed by atoms with Crippen molar-refractivity contribution in [2.24, 2.45) is 5.92 Å². The molecule has 3 rings (SSSR count). The Morgan fingerprint density at radius 1 is 1.28 bits per heavy atom. The number of nitrogen functional groups attached to an aromatic ring is 1. The first-order chi connectivity index (χ1) is 11.2. The third kappa shape index (κ3) is 4.93. The van der Waals surface area contributed by atoms with Crippen LogP contribution >= 0.6 is 24.8 Å². The molecule has 10 heteroatoms. The van der Waals surface area contributed by atoms with Crippen molar-refractivity contribution in [2.45, 2.75) is 25.8 Å². The third-order valence-corrected chi connectivity index (χ3v) is 4.50. The van der Waals surface area contributed by atoms with Crippen molar-refractivity contribution in [1.29, 1.82) is 0 Å². The number of nitrogens with zero attached hydrogens (tertiary/aromatic N) is 5. The number of halogens is 2. The Morgan fingerprint density at radius 3 is 2.68 bits per heavy atom. The number of hydrogen-bond donors (Lipinski definition) is 2. The van der Waals surface area contributed by atoms with Crippen molar-refractivity contribution < 1.29 is 4.79 Å². The van der Waals surface area contributed by atoms with Gasteiger partial charge in [-0.2, -0.15) is 0 Å². The maximum atomic E-state index is 12.5. The lowest BCUT2D eigenvalue weighted by Crippen LogP contribution is -2.40. The zero-order valence-electron chi connectivity index (χ0n) is 14.2. The molecule has 1 aliphatic rings. The minimum atomic E-state index is 0. The van der Waals surface area contributed by atoms with Crippen molar-refractivity contribution in [3.05, 3.63) is 12.7 Å². The Hall–Kier alpha value is -1.64. The lowest BCUT2D eigenvalue weighted by atomic mass is 9.93. The molecule has 0 aromatic carbocycles. The second-order valence-corrected chi connectivity index (χ2v) is 6.02. The Bertz CT molecular complexity index is 686. The van der Waals surface area contributed by atoms with Gasteiger partial charge in [-0.15, -0.1) is 24.8 Å². The molecular formula is C15H25Cl2N7O. The summed E-state index contributed by atoms with van der Waals surface area (Å²) in [4.78, 5) is 26.7. The molecule has 1 amide bonds. The Labute approximate surface area is 159 Å². The first-order valence-corrected chi connectivity index (χ1v) is 8.02. The van der Waals surface area contributed by atoms with Gasteiger partial charge in [0.05, 0.1) is 6.33 Å². The minimum absolute atomic E-state index is 0. The Kier molecular flexibility index (Phi) is 8.34. The van der Waals surface area contributed by atoms with E-state index in [-0.39, 0.29) is 37.3 Å². The predicted octanol–water partition coefficient (Wildman–Crippen LogP) is 1.10. The van der Waals surface area contributed by atoms with E-state index < -0.39 is 0 Å². The summed E-state index contributed by atoms with van der Waals surface area (Å²) < 4.78 is 1.74. The zero-order chi connectivity index (χ0) is 16.2. The summed E-state index contributed by atoms with van der Waals surface area (Å²) in [6.07, 6.45) is 6.34. The van der Waals surface area contributed by atoms with Crippen LogP contribution in [0.1, 0.15) is 19.3 Å². The molecule has 0 unspecified atom stereocenters. The molecule has 140 valence electrons. The van der Waals surface area contributed by atoms with Gasteiger partial charge in [0.15, 0.2) is 11.5 Å². The molecule has 0 atom stereocenters. The molecule has 1 fully saturated rings. The highest BCUT2D eigenvalue weighted by molar-refractivity contribution is 5.85. The van der Waals surface area contributed by atoms with Gasteiger partial charge in [0.2, 0.25) is 5.91 Å². The molecule has 8 nitrogen and oxygen atoms in total. The van der Waals surface area contributed by atoms with Gasteiger partial charge < -0.3 is 20.5 Å². The minimum Gasteiger partial charge on any atom is -0.382 e. The van der Waals surface area contributed by atoms with Crippen LogP contribution in [-0.2, 0) is 11.3 Å². The number of nitrogens with two attached hydrogens (primary N) is 1. The highest BCUT2D eigenvalue weighted by Crippen LogP contribution is 2.21. The topological polar surface area (TPSA) is 102 Å². The lowest BCUT2D eigenvalue weighted by molar-refractivity contribution is -0.133. The second-order valence-electron chi connectivity index (χ2n) is 6.02. The van der Waals surface area contributed by atoms with E-state index in [0.29, 0.717) is 22.9 Å². The van der Waals surface area contributed by atoms with E-state index in [0.717, 1.165) is 32.5 Å². The summed E-state index contributed by atoms with van der Waals surface area (Å²) in [5.41, 5.74) is 6.92. The van der Waals surface area contributed by atoms with Gasteiger partial charge in [-0.3, -0.25) is 4.79 Å². The molecule has 2 aromatic rings. The largest absolute Gasteiger partial charge is 0.382 e. The van der Waals surface area contributed by atoms with Crippen LogP contribution in [0.25, 0.3) is 11.2 Å².